The van der Waals surface area contributed by atoms with Crippen molar-refractivity contribution in [2.75, 3.05) is 12.0 Å². The minimum Gasteiger partial charge on any atom is -0.504 e. The number of aromatic hydroxyl groups is 1. The fourth-order valence-corrected chi connectivity index (χ4v) is 5.23. The van der Waals surface area contributed by atoms with E-state index in [2.05, 4.69) is 5.32 Å². The molecule has 1 heterocycles. The largest absolute Gasteiger partial charge is 0.504 e. The van der Waals surface area contributed by atoms with Gasteiger partial charge in [0.05, 0.1) is 7.11 Å². The van der Waals surface area contributed by atoms with Gasteiger partial charge in [-0.05, 0) is 72.0 Å². The summed E-state index contributed by atoms with van der Waals surface area (Å²) in [5, 5.41) is 13.2. The van der Waals surface area contributed by atoms with Crippen LogP contribution in [0.1, 0.15) is 54.8 Å². The van der Waals surface area contributed by atoms with Crippen molar-refractivity contribution in [3.8, 4) is 11.5 Å². The van der Waals surface area contributed by atoms with E-state index in [0.29, 0.717) is 28.0 Å². The van der Waals surface area contributed by atoms with Gasteiger partial charge in [-0.1, -0.05) is 49.6 Å². The normalized spacial score (nSPS) is 19.0. The van der Waals surface area contributed by atoms with Crippen LogP contribution >= 0.6 is 0 Å². The summed E-state index contributed by atoms with van der Waals surface area (Å²) in [7, 11) is 1.46. The van der Waals surface area contributed by atoms with Crippen LogP contribution in [0.2, 0.25) is 0 Å². The van der Waals surface area contributed by atoms with Gasteiger partial charge in [-0.25, -0.2) is 4.39 Å². The molecule has 3 aromatic rings. The van der Waals surface area contributed by atoms with Crippen molar-refractivity contribution in [1.82, 2.24) is 5.32 Å². The number of methoxy groups -OCH3 is 1. The van der Waals surface area contributed by atoms with E-state index in [1.807, 2.05) is 24.3 Å². The summed E-state index contributed by atoms with van der Waals surface area (Å²) in [4.78, 5) is 29.3. The number of hydrogen-bond acceptors (Lipinski definition) is 4. The van der Waals surface area contributed by atoms with Crippen LogP contribution in [0.25, 0.3) is 11.6 Å². The number of fused-ring (bicyclic) bond motifs is 1. The minimum atomic E-state index is -0.900. The lowest BCUT2D eigenvalue weighted by Crippen LogP contribution is -2.49. The predicted molar refractivity (Wildman–Crippen MR) is 141 cm³/mol. The third-order valence-electron chi connectivity index (χ3n) is 7.07. The zero-order chi connectivity index (χ0) is 25.9. The van der Waals surface area contributed by atoms with Crippen LogP contribution in [0.3, 0.4) is 0 Å². The van der Waals surface area contributed by atoms with Gasteiger partial charge in [0.1, 0.15) is 11.9 Å². The number of carbonyl (C=O) groups excluding carboxylic acids is 2. The second-order valence-electron chi connectivity index (χ2n) is 9.47. The molecule has 7 heteroatoms. The van der Waals surface area contributed by atoms with E-state index in [0.717, 1.165) is 32.1 Å². The average molecular weight is 501 g/mol. The van der Waals surface area contributed by atoms with E-state index in [1.54, 1.807) is 18.2 Å². The Morgan fingerprint density at radius 2 is 1.78 bits per heavy atom. The molecule has 1 fully saturated rings. The van der Waals surface area contributed by atoms with Crippen LogP contribution in [0.4, 0.5) is 10.1 Å². The summed E-state index contributed by atoms with van der Waals surface area (Å²) in [6.07, 6.45) is 6.84. The number of nitrogens with one attached hydrogen (secondary N) is 1. The van der Waals surface area contributed by atoms with Crippen molar-refractivity contribution in [1.29, 1.82) is 0 Å². The molecular weight excluding hydrogens is 471 g/mol. The Labute approximate surface area is 215 Å². The number of phenolic OH excluding ortho intramolecular Hbond substituents is 1. The molecule has 1 atom stereocenters. The van der Waals surface area contributed by atoms with Crippen LogP contribution in [0, 0.1) is 5.82 Å². The number of carbonyl (C=O) groups is 2. The Morgan fingerprint density at radius 3 is 2.51 bits per heavy atom. The van der Waals surface area contributed by atoms with E-state index < -0.39 is 11.9 Å². The molecule has 2 amide bonds. The molecule has 0 saturated heterocycles. The topological polar surface area (TPSA) is 78.9 Å². The van der Waals surface area contributed by atoms with Gasteiger partial charge in [-0.3, -0.25) is 14.5 Å². The van der Waals surface area contributed by atoms with Crippen LogP contribution in [0.5, 0.6) is 11.5 Å². The van der Waals surface area contributed by atoms with Gasteiger partial charge >= 0.3 is 0 Å². The third-order valence-corrected chi connectivity index (χ3v) is 7.07. The first-order valence-corrected chi connectivity index (χ1v) is 12.5. The summed E-state index contributed by atoms with van der Waals surface area (Å²) in [6.45, 7) is 0. The predicted octanol–water partition coefficient (Wildman–Crippen LogP) is 5.62. The number of hydrogen-bond donors (Lipinski definition) is 2. The maximum atomic E-state index is 14.1. The Bertz CT molecular complexity index is 1350. The summed E-state index contributed by atoms with van der Waals surface area (Å²) < 4.78 is 19.0. The molecule has 0 spiro atoms. The van der Waals surface area contributed by atoms with E-state index in [1.165, 1.54) is 42.3 Å². The molecule has 3 aromatic carbocycles. The number of nitrogens with zero attached hydrogens (tertiary/aromatic N) is 1. The van der Waals surface area contributed by atoms with E-state index in [-0.39, 0.29) is 29.4 Å². The number of ether oxygens (including phenoxy) is 1. The highest BCUT2D eigenvalue weighted by Gasteiger charge is 2.41. The molecule has 5 rings (SSSR count). The number of rotatable bonds is 5. The maximum absolute atomic E-state index is 14.1. The molecule has 1 aliphatic heterocycles. The molecule has 1 unspecified atom stereocenters. The standard InChI is InChI=1S/C30H29FN2O4/c1-37-27-18-19(11-16-26(27)34)17-25-23-9-5-6-10-24(23)28(29(35)32-21-7-3-2-4-8-21)33(30(25)36)22-14-12-20(31)13-15-22/h5-6,9-18,21,28,34H,2-4,7-8H2,1H3,(H,32,35)/b25-17+. The highest BCUT2D eigenvalue weighted by atomic mass is 19.1. The molecule has 190 valence electrons. The van der Waals surface area contributed by atoms with Crippen molar-refractivity contribution >= 4 is 29.2 Å². The first-order chi connectivity index (χ1) is 18.0. The van der Waals surface area contributed by atoms with E-state index >= 15 is 0 Å². The molecule has 37 heavy (non-hydrogen) atoms. The zero-order valence-corrected chi connectivity index (χ0v) is 20.6. The lowest BCUT2D eigenvalue weighted by molar-refractivity contribution is -0.126. The summed E-state index contributed by atoms with van der Waals surface area (Å²) in [5.41, 5.74) is 2.81. The van der Waals surface area contributed by atoms with Crippen LogP contribution < -0.4 is 15.0 Å². The lowest BCUT2D eigenvalue weighted by Gasteiger charge is -2.38. The number of amides is 2. The summed E-state index contributed by atoms with van der Waals surface area (Å²) in [5.74, 6) is -0.772. The Kier molecular flexibility index (Phi) is 6.95. The minimum absolute atomic E-state index is 0.00703. The van der Waals surface area contributed by atoms with Crippen LogP contribution in [-0.2, 0) is 9.59 Å². The summed E-state index contributed by atoms with van der Waals surface area (Å²) >= 11 is 0. The van der Waals surface area contributed by atoms with Crippen molar-refractivity contribution in [2.45, 2.75) is 44.2 Å². The van der Waals surface area contributed by atoms with Gasteiger partial charge in [0.2, 0.25) is 5.91 Å². The van der Waals surface area contributed by atoms with Gasteiger partial charge in [0.15, 0.2) is 11.5 Å². The van der Waals surface area contributed by atoms with Crippen molar-refractivity contribution in [3.05, 3.63) is 89.2 Å². The van der Waals surface area contributed by atoms with Gasteiger partial charge in [0, 0.05) is 17.3 Å². The van der Waals surface area contributed by atoms with Crippen LogP contribution in [-0.4, -0.2) is 30.1 Å². The smallest absolute Gasteiger partial charge is 0.259 e. The quantitative estimate of drug-likeness (QED) is 0.446. The fraction of sp³-hybridized carbons (Fsp3) is 0.267. The SMILES string of the molecule is COc1cc(/C=C2/C(=O)N(c3ccc(F)cc3)C(C(=O)NC3CCCCC3)c3ccccc32)ccc1O. The molecule has 6 nitrogen and oxygen atoms in total. The highest BCUT2D eigenvalue weighted by molar-refractivity contribution is 6.33. The molecular formula is C30H29FN2O4. The molecule has 2 N–H and O–H groups in total. The Balaban J connectivity index is 1.63. The molecule has 1 aliphatic carbocycles. The molecule has 1 saturated carbocycles. The zero-order valence-electron chi connectivity index (χ0n) is 20.6. The monoisotopic (exact) mass is 500 g/mol. The van der Waals surface area contributed by atoms with Gasteiger partial charge in [-0.15, -0.1) is 0 Å². The first-order valence-electron chi connectivity index (χ1n) is 12.5. The van der Waals surface area contributed by atoms with Crippen molar-refractivity contribution < 1.29 is 23.8 Å². The van der Waals surface area contributed by atoms with Crippen molar-refractivity contribution in [2.24, 2.45) is 0 Å². The number of halogens is 1. The van der Waals surface area contributed by atoms with Gasteiger partial charge in [-0.2, -0.15) is 0 Å². The average Bonchev–Trinajstić information content (AvgIpc) is 2.92. The second kappa shape index (κ2) is 10.5. The number of benzene rings is 3. The molecule has 0 aromatic heterocycles. The number of phenols is 1. The van der Waals surface area contributed by atoms with Crippen molar-refractivity contribution in [3.63, 3.8) is 0 Å². The molecule has 2 aliphatic rings. The number of anilines is 1. The maximum Gasteiger partial charge on any atom is 0.259 e. The first kappa shape index (κ1) is 24.6. The highest BCUT2D eigenvalue weighted by Crippen LogP contribution is 2.41. The fourth-order valence-electron chi connectivity index (χ4n) is 5.23. The third kappa shape index (κ3) is 4.94. The second-order valence-corrected chi connectivity index (χ2v) is 9.47. The summed E-state index contributed by atoms with van der Waals surface area (Å²) in [6, 6.07) is 17.0. The van der Waals surface area contributed by atoms with E-state index in [9.17, 15) is 19.1 Å². The Morgan fingerprint density at radius 1 is 1.05 bits per heavy atom. The molecule has 0 bridgehead atoms. The molecule has 0 radical (unpaired) electrons. The van der Waals surface area contributed by atoms with Gasteiger partial charge < -0.3 is 15.2 Å². The Hall–Kier alpha value is -4.13. The van der Waals surface area contributed by atoms with Gasteiger partial charge in [0.25, 0.3) is 5.91 Å². The van der Waals surface area contributed by atoms with E-state index in [4.69, 9.17) is 4.74 Å². The lowest BCUT2D eigenvalue weighted by atomic mass is 9.86. The van der Waals surface area contributed by atoms with Crippen LogP contribution in [0.15, 0.2) is 66.7 Å².